The molecule has 0 bridgehead atoms. The Balaban J connectivity index is 1.46. The maximum Gasteiger partial charge on any atom is 0.336 e. The fourth-order valence-electron chi connectivity index (χ4n) is 5.14. The van der Waals surface area contributed by atoms with Gasteiger partial charge in [-0.2, -0.15) is 0 Å². The van der Waals surface area contributed by atoms with Crippen molar-refractivity contribution < 1.29 is 14.7 Å². The van der Waals surface area contributed by atoms with E-state index in [4.69, 9.17) is 11.1 Å². The van der Waals surface area contributed by atoms with Crippen LogP contribution in [0, 0.1) is 5.41 Å². The standard InChI is InChI=1S/C32H30N4O3/c33-30(34)22-12-13-29-28(17-22)24(19-36-29)16-21-10-11-23(31(37)35-15-14-20-6-2-1-3-7-20)18-27(21)25-8-4-5-9-26(25)32(38)39/h1-13,17-18,24,36H,14-16,19H2,(H3,33,34)(H,35,37)(H,38,39). The number of amidine groups is 1. The highest BCUT2D eigenvalue weighted by molar-refractivity contribution is 5.99. The first kappa shape index (κ1) is 25.7. The Hall–Kier alpha value is -4.91. The largest absolute Gasteiger partial charge is 0.478 e. The van der Waals surface area contributed by atoms with Crippen LogP contribution in [-0.4, -0.2) is 35.9 Å². The molecule has 1 atom stereocenters. The number of aromatic carboxylic acids is 1. The van der Waals surface area contributed by atoms with Gasteiger partial charge in [0.25, 0.3) is 5.91 Å². The molecule has 0 radical (unpaired) electrons. The smallest absolute Gasteiger partial charge is 0.336 e. The van der Waals surface area contributed by atoms with Gasteiger partial charge in [-0.05, 0) is 77.1 Å². The molecule has 39 heavy (non-hydrogen) atoms. The summed E-state index contributed by atoms with van der Waals surface area (Å²) < 4.78 is 0. The third kappa shape index (κ3) is 5.67. The molecule has 6 N–H and O–H groups in total. The van der Waals surface area contributed by atoms with E-state index in [9.17, 15) is 14.7 Å². The lowest BCUT2D eigenvalue weighted by atomic mass is 9.86. The first-order valence-electron chi connectivity index (χ1n) is 12.9. The SMILES string of the molecule is N=C(N)c1ccc2c(c1)C(Cc1ccc(C(=O)NCCc3ccccc3)cc1-c1ccccc1C(=O)O)CN2. The van der Waals surface area contributed by atoms with Crippen molar-refractivity contribution in [2.75, 3.05) is 18.4 Å². The van der Waals surface area contributed by atoms with Crippen LogP contribution in [0.4, 0.5) is 5.69 Å². The molecule has 5 rings (SSSR count). The molecule has 0 saturated carbocycles. The van der Waals surface area contributed by atoms with Gasteiger partial charge in [0, 0.05) is 35.8 Å². The number of hydrogen-bond donors (Lipinski definition) is 5. The second-order valence-electron chi connectivity index (χ2n) is 9.71. The molecular weight excluding hydrogens is 488 g/mol. The molecule has 196 valence electrons. The molecule has 1 aliphatic heterocycles. The number of carbonyl (C=O) groups excluding carboxylic acids is 1. The van der Waals surface area contributed by atoms with Crippen LogP contribution < -0.4 is 16.4 Å². The molecule has 7 heteroatoms. The summed E-state index contributed by atoms with van der Waals surface area (Å²) in [6.45, 7) is 1.20. The molecule has 1 heterocycles. The van der Waals surface area contributed by atoms with Gasteiger partial charge in [-0.3, -0.25) is 10.2 Å². The van der Waals surface area contributed by atoms with E-state index >= 15 is 0 Å². The fourth-order valence-corrected chi connectivity index (χ4v) is 5.14. The Morgan fingerprint density at radius 3 is 2.44 bits per heavy atom. The summed E-state index contributed by atoms with van der Waals surface area (Å²) in [4.78, 5) is 25.2. The molecule has 0 fully saturated rings. The van der Waals surface area contributed by atoms with Crippen molar-refractivity contribution in [3.63, 3.8) is 0 Å². The minimum Gasteiger partial charge on any atom is -0.478 e. The number of nitrogens with two attached hydrogens (primary N) is 1. The van der Waals surface area contributed by atoms with E-state index < -0.39 is 5.97 Å². The van der Waals surface area contributed by atoms with Crippen molar-refractivity contribution in [1.82, 2.24) is 5.32 Å². The first-order chi connectivity index (χ1) is 18.9. The Morgan fingerprint density at radius 1 is 0.923 bits per heavy atom. The van der Waals surface area contributed by atoms with Gasteiger partial charge in [-0.15, -0.1) is 0 Å². The van der Waals surface area contributed by atoms with Gasteiger partial charge in [0.05, 0.1) is 5.56 Å². The van der Waals surface area contributed by atoms with E-state index in [2.05, 4.69) is 10.6 Å². The number of hydrogen-bond acceptors (Lipinski definition) is 4. The van der Waals surface area contributed by atoms with Gasteiger partial charge >= 0.3 is 5.97 Å². The van der Waals surface area contributed by atoms with Crippen molar-refractivity contribution in [2.24, 2.45) is 5.73 Å². The first-order valence-corrected chi connectivity index (χ1v) is 12.9. The second kappa shape index (κ2) is 11.2. The van der Waals surface area contributed by atoms with Crippen LogP contribution in [0.2, 0.25) is 0 Å². The summed E-state index contributed by atoms with van der Waals surface area (Å²) in [5, 5.41) is 24.1. The molecule has 0 aromatic heterocycles. The zero-order chi connectivity index (χ0) is 27.4. The maximum atomic E-state index is 13.1. The minimum atomic E-state index is -1.02. The van der Waals surface area contributed by atoms with Crippen molar-refractivity contribution >= 4 is 23.4 Å². The summed E-state index contributed by atoms with van der Waals surface area (Å²) in [7, 11) is 0. The summed E-state index contributed by atoms with van der Waals surface area (Å²) in [5.41, 5.74) is 12.5. The quantitative estimate of drug-likeness (QED) is 0.156. The lowest BCUT2D eigenvalue weighted by Gasteiger charge is -2.18. The predicted octanol–water partition coefficient (Wildman–Crippen LogP) is 5.06. The summed E-state index contributed by atoms with van der Waals surface area (Å²) >= 11 is 0. The third-order valence-corrected chi connectivity index (χ3v) is 7.17. The molecular formula is C32H30N4O3. The van der Waals surface area contributed by atoms with E-state index in [1.165, 1.54) is 0 Å². The summed E-state index contributed by atoms with van der Waals surface area (Å²) in [5.74, 6) is -1.11. The molecule has 0 spiro atoms. The molecule has 1 aliphatic rings. The molecule has 1 amide bonds. The predicted molar refractivity (Wildman–Crippen MR) is 154 cm³/mol. The van der Waals surface area contributed by atoms with E-state index in [0.717, 1.165) is 34.4 Å². The van der Waals surface area contributed by atoms with Crippen LogP contribution >= 0.6 is 0 Å². The lowest BCUT2D eigenvalue weighted by Crippen LogP contribution is -2.25. The summed E-state index contributed by atoms with van der Waals surface area (Å²) in [6.07, 6.45) is 1.34. The van der Waals surface area contributed by atoms with Crippen molar-refractivity contribution in [3.8, 4) is 11.1 Å². The van der Waals surface area contributed by atoms with Crippen molar-refractivity contribution in [3.05, 3.63) is 124 Å². The number of rotatable bonds is 9. The Bertz CT molecular complexity index is 1550. The van der Waals surface area contributed by atoms with E-state index in [1.807, 2.05) is 60.7 Å². The zero-order valence-electron chi connectivity index (χ0n) is 21.4. The minimum absolute atomic E-state index is 0.0159. The lowest BCUT2D eigenvalue weighted by molar-refractivity contribution is 0.0697. The average molecular weight is 519 g/mol. The number of amides is 1. The van der Waals surface area contributed by atoms with Gasteiger partial charge in [0.2, 0.25) is 0 Å². The van der Waals surface area contributed by atoms with Crippen LogP contribution in [0.15, 0.2) is 91.0 Å². The van der Waals surface area contributed by atoms with Crippen LogP contribution in [0.1, 0.15) is 48.9 Å². The van der Waals surface area contributed by atoms with Gasteiger partial charge in [-0.1, -0.05) is 54.6 Å². The highest BCUT2D eigenvalue weighted by Crippen LogP contribution is 2.37. The van der Waals surface area contributed by atoms with Crippen LogP contribution in [0.3, 0.4) is 0 Å². The second-order valence-corrected chi connectivity index (χ2v) is 9.71. The molecule has 4 aromatic rings. The molecule has 0 aliphatic carbocycles. The van der Waals surface area contributed by atoms with Gasteiger partial charge in [0.15, 0.2) is 0 Å². The number of benzene rings is 4. The number of nitrogen functional groups attached to an aromatic ring is 1. The number of carboxylic acids is 1. The Labute approximate surface area is 227 Å². The van der Waals surface area contributed by atoms with Crippen LogP contribution in [0.5, 0.6) is 0 Å². The molecule has 4 aromatic carbocycles. The van der Waals surface area contributed by atoms with Crippen molar-refractivity contribution in [2.45, 2.75) is 18.8 Å². The molecule has 1 unspecified atom stereocenters. The van der Waals surface area contributed by atoms with Crippen molar-refractivity contribution in [1.29, 1.82) is 5.41 Å². The topological polar surface area (TPSA) is 128 Å². The Kier molecular flexibility index (Phi) is 7.41. The number of fused-ring (bicyclic) bond motifs is 1. The van der Waals surface area contributed by atoms with Gasteiger partial charge in [0.1, 0.15) is 5.84 Å². The molecule has 0 saturated heterocycles. The highest BCUT2D eigenvalue weighted by Gasteiger charge is 2.25. The van der Waals surface area contributed by atoms with Crippen LogP contribution in [0.25, 0.3) is 11.1 Å². The average Bonchev–Trinajstić information content (AvgIpc) is 3.35. The highest BCUT2D eigenvalue weighted by atomic mass is 16.4. The van der Waals surface area contributed by atoms with E-state index in [-0.39, 0.29) is 23.2 Å². The number of nitrogens with one attached hydrogen (secondary N) is 3. The molecule has 7 nitrogen and oxygen atoms in total. The van der Waals surface area contributed by atoms with Gasteiger partial charge in [-0.25, -0.2) is 4.79 Å². The van der Waals surface area contributed by atoms with Gasteiger partial charge < -0.3 is 21.5 Å². The van der Waals surface area contributed by atoms with Crippen LogP contribution in [-0.2, 0) is 12.8 Å². The maximum absolute atomic E-state index is 13.1. The Morgan fingerprint density at radius 2 is 1.67 bits per heavy atom. The van der Waals surface area contributed by atoms with E-state index in [0.29, 0.717) is 36.2 Å². The normalized spacial score (nSPS) is 13.8. The number of carboxylic acid groups (broad SMARTS) is 1. The fraction of sp³-hybridized carbons (Fsp3) is 0.156. The number of carbonyl (C=O) groups is 2. The monoisotopic (exact) mass is 518 g/mol. The van der Waals surface area contributed by atoms with E-state index in [1.54, 1.807) is 30.3 Å². The number of anilines is 1. The zero-order valence-corrected chi connectivity index (χ0v) is 21.4. The third-order valence-electron chi connectivity index (χ3n) is 7.17. The summed E-state index contributed by atoms with van der Waals surface area (Å²) in [6, 6.07) is 28.1.